The number of hydrogen-bond donors (Lipinski definition) is 3. The molecule has 36 heavy (non-hydrogen) atoms. The molecule has 0 spiro atoms. The molecule has 1 aliphatic heterocycles. The number of unbranched alkanes of at least 4 members (excludes halogenated alkanes) is 5. The van der Waals surface area contributed by atoms with E-state index in [0.717, 1.165) is 18.4 Å². The summed E-state index contributed by atoms with van der Waals surface area (Å²) in [7, 11) is 0. The molecule has 0 bridgehead atoms. The first-order valence-electron chi connectivity index (χ1n) is 13.1. The third kappa shape index (κ3) is 14.5. The van der Waals surface area contributed by atoms with Crippen LogP contribution >= 0.6 is 0 Å². The number of ether oxygens (including phenoxy) is 1. The lowest BCUT2D eigenvalue weighted by atomic mass is 10.0. The third-order valence-corrected chi connectivity index (χ3v) is 5.92. The lowest BCUT2D eigenvalue weighted by molar-refractivity contribution is -0.143. The van der Waals surface area contributed by atoms with Crippen molar-refractivity contribution < 1.29 is 24.2 Å². The second-order valence-electron chi connectivity index (χ2n) is 9.08. The van der Waals surface area contributed by atoms with Crippen LogP contribution in [0.2, 0.25) is 0 Å². The highest BCUT2D eigenvalue weighted by Gasteiger charge is 2.24. The van der Waals surface area contributed by atoms with Gasteiger partial charge < -0.3 is 20.5 Å². The molecule has 0 radical (unpaired) electrons. The van der Waals surface area contributed by atoms with E-state index < -0.39 is 24.1 Å². The van der Waals surface area contributed by atoms with Crippen molar-refractivity contribution in [2.75, 3.05) is 13.1 Å². The van der Waals surface area contributed by atoms with Crippen LogP contribution in [0, 0.1) is 5.92 Å². The van der Waals surface area contributed by atoms with Crippen molar-refractivity contribution >= 4 is 17.8 Å². The minimum Gasteiger partial charge on any atom is -0.454 e. The summed E-state index contributed by atoms with van der Waals surface area (Å²) < 4.78 is 5.57. The standard InChI is InChI=1S/C29H44N2O5/c1-4-5-6-7-8-9-12-15-18-23(2)26-21-27(33)31-22-25(32)24(3)29(35)30-20-17-14-11-10-13-16-19-28(34)36-26/h10-16,18-19,24-26,32H,4-9,17,20-22H2,1-3H3,(H,30,35)(H,31,33)/b13-10+,14-11+,15-12+,19-16-,23-18+/t24-,25-,26+/m0/s1. The van der Waals surface area contributed by atoms with Gasteiger partial charge in [0.05, 0.1) is 18.4 Å². The number of amides is 2. The fourth-order valence-electron chi connectivity index (χ4n) is 3.45. The third-order valence-electron chi connectivity index (χ3n) is 5.92. The Morgan fingerprint density at radius 3 is 2.61 bits per heavy atom. The number of allylic oxidation sites excluding steroid dienone is 7. The minimum atomic E-state index is -1.03. The van der Waals surface area contributed by atoms with Gasteiger partial charge in [-0.1, -0.05) is 88.1 Å². The molecule has 3 atom stereocenters. The van der Waals surface area contributed by atoms with Gasteiger partial charge in [0.2, 0.25) is 11.8 Å². The molecule has 1 rings (SSSR count). The van der Waals surface area contributed by atoms with E-state index >= 15 is 0 Å². The number of hydrogen-bond acceptors (Lipinski definition) is 5. The maximum atomic E-state index is 12.6. The fraction of sp³-hybridized carbons (Fsp3) is 0.552. The Labute approximate surface area is 216 Å². The topological polar surface area (TPSA) is 105 Å². The van der Waals surface area contributed by atoms with Gasteiger partial charge in [0, 0.05) is 19.2 Å². The number of nitrogens with one attached hydrogen (secondary N) is 2. The molecule has 0 aromatic rings. The van der Waals surface area contributed by atoms with Gasteiger partial charge in [0.1, 0.15) is 6.10 Å². The molecule has 7 nitrogen and oxygen atoms in total. The highest BCUT2D eigenvalue weighted by molar-refractivity contribution is 5.83. The number of β-amino-alcohol motifs (C(OH)–C–C–N with tert-alkyl or cyclic N) is 1. The van der Waals surface area contributed by atoms with Crippen LogP contribution in [0.5, 0.6) is 0 Å². The van der Waals surface area contributed by atoms with E-state index in [1.54, 1.807) is 25.2 Å². The molecule has 3 N–H and O–H groups in total. The SMILES string of the molecule is CCCCCCC/C=C/C=C(\C)[C@H]1CC(=O)NC[C@H](O)[C@H](C)C(=O)NCC/C=C/C=C/C=C\C(=O)O1. The van der Waals surface area contributed by atoms with Crippen LogP contribution in [0.15, 0.2) is 60.3 Å². The molecule has 1 heterocycles. The minimum absolute atomic E-state index is 0.0709. The van der Waals surface area contributed by atoms with Crippen molar-refractivity contribution in [3.05, 3.63) is 60.3 Å². The van der Waals surface area contributed by atoms with E-state index in [0.29, 0.717) is 13.0 Å². The zero-order chi connectivity index (χ0) is 26.6. The molecule has 0 saturated carbocycles. The van der Waals surface area contributed by atoms with E-state index in [9.17, 15) is 19.5 Å². The quantitative estimate of drug-likeness (QED) is 0.259. The monoisotopic (exact) mass is 500 g/mol. The van der Waals surface area contributed by atoms with E-state index in [-0.39, 0.29) is 24.8 Å². The molecule has 0 unspecified atom stereocenters. The average molecular weight is 501 g/mol. The first-order valence-corrected chi connectivity index (χ1v) is 13.1. The highest BCUT2D eigenvalue weighted by atomic mass is 16.5. The fourth-order valence-corrected chi connectivity index (χ4v) is 3.45. The van der Waals surface area contributed by atoms with E-state index in [2.05, 4.69) is 23.6 Å². The number of esters is 1. The Morgan fingerprint density at radius 2 is 1.83 bits per heavy atom. The van der Waals surface area contributed by atoms with Crippen LogP contribution in [0.1, 0.15) is 72.1 Å². The van der Waals surface area contributed by atoms with E-state index in [4.69, 9.17) is 4.74 Å². The van der Waals surface area contributed by atoms with Crippen molar-refractivity contribution in [3.63, 3.8) is 0 Å². The Bertz CT molecular complexity index is 826. The number of carbonyl (C=O) groups excluding carboxylic acids is 3. The van der Waals surface area contributed by atoms with Gasteiger partial charge in [-0.25, -0.2) is 4.79 Å². The Morgan fingerprint density at radius 1 is 1.08 bits per heavy atom. The molecule has 7 heteroatoms. The first kappa shape index (κ1) is 31.1. The van der Waals surface area contributed by atoms with Crippen molar-refractivity contribution in [2.45, 2.75) is 84.3 Å². The maximum absolute atomic E-state index is 12.6. The van der Waals surface area contributed by atoms with Crippen LogP contribution in [0.3, 0.4) is 0 Å². The zero-order valence-electron chi connectivity index (χ0n) is 22.1. The van der Waals surface area contributed by atoms with Crippen LogP contribution < -0.4 is 10.6 Å². The Hall–Kier alpha value is -2.93. The molecule has 1 aliphatic rings. The second kappa shape index (κ2) is 19.3. The summed E-state index contributed by atoms with van der Waals surface area (Å²) in [6.45, 7) is 6.01. The van der Waals surface area contributed by atoms with Crippen LogP contribution in [0.25, 0.3) is 0 Å². The molecule has 0 aromatic carbocycles. The van der Waals surface area contributed by atoms with Crippen molar-refractivity contribution in [3.8, 4) is 0 Å². The second-order valence-corrected chi connectivity index (χ2v) is 9.08. The van der Waals surface area contributed by atoms with Crippen LogP contribution in [-0.4, -0.2) is 48.2 Å². The number of carbonyl (C=O) groups is 3. The number of aliphatic hydroxyl groups excluding tert-OH is 1. The maximum Gasteiger partial charge on any atom is 0.331 e. The average Bonchev–Trinajstić information content (AvgIpc) is 2.86. The predicted octanol–water partition coefficient (Wildman–Crippen LogP) is 4.45. The molecule has 0 fully saturated rings. The largest absolute Gasteiger partial charge is 0.454 e. The van der Waals surface area contributed by atoms with Gasteiger partial charge in [-0.15, -0.1) is 0 Å². The summed E-state index contributed by atoms with van der Waals surface area (Å²) in [5.41, 5.74) is 0.742. The number of aliphatic hydroxyl groups is 1. The van der Waals surface area contributed by atoms with Gasteiger partial charge in [-0.3, -0.25) is 9.59 Å². The lowest BCUT2D eigenvalue weighted by Gasteiger charge is -2.21. The van der Waals surface area contributed by atoms with Crippen molar-refractivity contribution in [1.29, 1.82) is 0 Å². The summed E-state index contributed by atoms with van der Waals surface area (Å²) in [6, 6.07) is 0. The summed E-state index contributed by atoms with van der Waals surface area (Å²) in [5, 5.41) is 15.8. The van der Waals surface area contributed by atoms with Crippen molar-refractivity contribution in [1.82, 2.24) is 10.6 Å². The smallest absolute Gasteiger partial charge is 0.331 e. The van der Waals surface area contributed by atoms with Crippen molar-refractivity contribution in [2.24, 2.45) is 5.92 Å². The molecule has 0 aliphatic carbocycles. The number of cyclic esters (lactones) is 1. The first-order chi connectivity index (χ1) is 17.3. The molecule has 0 aromatic heterocycles. The number of rotatable bonds is 8. The van der Waals surface area contributed by atoms with E-state index in [1.807, 2.05) is 31.2 Å². The molecule has 2 amide bonds. The van der Waals surface area contributed by atoms with E-state index in [1.165, 1.54) is 31.8 Å². The predicted molar refractivity (Wildman–Crippen MR) is 144 cm³/mol. The summed E-state index contributed by atoms with van der Waals surface area (Å²) in [4.78, 5) is 37.2. The summed E-state index contributed by atoms with van der Waals surface area (Å²) >= 11 is 0. The Balaban J connectivity index is 2.87. The molecule has 0 saturated heterocycles. The molecular weight excluding hydrogens is 456 g/mol. The lowest BCUT2D eigenvalue weighted by Crippen LogP contribution is -2.43. The van der Waals surface area contributed by atoms with Crippen LogP contribution in [0.4, 0.5) is 0 Å². The normalized spacial score (nSPS) is 26.2. The van der Waals surface area contributed by atoms with Gasteiger partial charge in [0.25, 0.3) is 0 Å². The highest BCUT2D eigenvalue weighted by Crippen LogP contribution is 2.13. The summed E-state index contributed by atoms with van der Waals surface area (Å²) in [5.74, 6) is -1.87. The summed E-state index contributed by atoms with van der Waals surface area (Å²) in [6.07, 6.45) is 21.8. The Kier molecular flexibility index (Phi) is 16.7. The van der Waals surface area contributed by atoms with Gasteiger partial charge >= 0.3 is 5.97 Å². The van der Waals surface area contributed by atoms with Gasteiger partial charge in [0.15, 0.2) is 0 Å². The van der Waals surface area contributed by atoms with Crippen LogP contribution in [-0.2, 0) is 19.1 Å². The van der Waals surface area contributed by atoms with Gasteiger partial charge in [-0.05, 0) is 31.8 Å². The zero-order valence-corrected chi connectivity index (χ0v) is 22.1. The molecule has 200 valence electrons. The van der Waals surface area contributed by atoms with Gasteiger partial charge in [-0.2, -0.15) is 0 Å². The molecular formula is C29H44N2O5.